The highest BCUT2D eigenvalue weighted by atomic mass is 14.9. The minimum atomic E-state index is 0.565. The summed E-state index contributed by atoms with van der Waals surface area (Å²) < 4.78 is 0. The molecule has 0 spiro atoms. The van der Waals surface area contributed by atoms with E-state index in [2.05, 4.69) is 47.7 Å². The van der Waals surface area contributed by atoms with Crippen molar-refractivity contribution < 1.29 is 0 Å². The van der Waals surface area contributed by atoms with Crippen molar-refractivity contribution in [3.05, 3.63) is 65.5 Å². The van der Waals surface area contributed by atoms with Crippen molar-refractivity contribution in [2.24, 2.45) is 11.8 Å². The van der Waals surface area contributed by atoms with Crippen LogP contribution < -0.4 is 5.32 Å². The van der Waals surface area contributed by atoms with E-state index < -0.39 is 0 Å². The number of nitrogens with zero attached hydrogens (tertiary/aromatic N) is 1. The van der Waals surface area contributed by atoms with Crippen LogP contribution in [0.25, 0.3) is 0 Å². The van der Waals surface area contributed by atoms with Crippen LogP contribution in [0.4, 0.5) is 0 Å². The number of pyridine rings is 1. The second kappa shape index (κ2) is 5.27. The van der Waals surface area contributed by atoms with Gasteiger partial charge < -0.3 is 5.32 Å². The smallest absolute Gasteiger partial charge is 0.0300 e. The molecule has 2 aliphatic rings. The Kier molecular flexibility index (Phi) is 3.27. The monoisotopic (exact) mass is 278 g/mol. The molecule has 1 aromatic heterocycles. The first-order valence-corrected chi connectivity index (χ1v) is 8.02. The van der Waals surface area contributed by atoms with E-state index in [1.807, 2.05) is 18.5 Å². The van der Waals surface area contributed by atoms with Gasteiger partial charge in [0.25, 0.3) is 0 Å². The van der Waals surface area contributed by atoms with Gasteiger partial charge in [-0.25, -0.2) is 0 Å². The number of hydrogen-bond acceptors (Lipinski definition) is 2. The third-order valence-electron chi connectivity index (χ3n) is 5.40. The minimum Gasteiger partial charge on any atom is -0.316 e. The largest absolute Gasteiger partial charge is 0.316 e. The van der Waals surface area contributed by atoms with Gasteiger partial charge in [0.15, 0.2) is 0 Å². The van der Waals surface area contributed by atoms with Crippen molar-refractivity contribution in [1.29, 1.82) is 0 Å². The molecule has 2 heteroatoms. The van der Waals surface area contributed by atoms with Crippen LogP contribution in [0.3, 0.4) is 0 Å². The van der Waals surface area contributed by atoms with Crippen LogP contribution in [0.15, 0.2) is 48.8 Å². The second-order valence-electron chi connectivity index (χ2n) is 6.47. The van der Waals surface area contributed by atoms with E-state index in [4.69, 9.17) is 0 Å². The van der Waals surface area contributed by atoms with Gasteiger partial charge in [-0.1, -0.05) is 30.3 Å². The number of aromatic nitrogens is 1. The van der Waals surface area contributed by atoms with Gasteiger partial charge in [0.05, 0.1) is 0 Å². The van der Waals surface area contributed by atoms with Gasteiger partial charge >= 0.3 is 0 Å². The van der Waals surface area contributed by atoms with Crippen LogP contribution in [-0.2, 0) is 12.8 Å². The average Bonchev–Trinajstić information content (AvgIpc) is 3.28. The molecule has 0 amide bonds. The topological polar surface area (TPSA) is 24.9 Å². The number of nitrogens with one attached hydrogen (secondary N) is 1. The number of aryl methyl sites for hydroxylation is 1. The Morgan fingerprint density at radius 2 is 2.14 bits per heavy atom. The van der Waals surface area contributed by atoms with E-state index in [-0.39, 0.29) is 0 Å². The zero-order valence-electron chi connectivity index (χ0n) is 12.5. The standard InChI is InChI=1S/C19H22N2/c1-20-17(11-13-5-4-10-21-12-13)19-16-9-8-14-6-2-3-7-15(14)18(16)19/h2-7,10,12,16-20H,8-9,11H2,1H3. The first-order valence-electron chi connectivity index (χ1n) is 8.02. The van der Waals surface area contributed by atoms with E-state index in [0.29, 0.717) is 6.04 Å². The van der Waals surface area contributed by atoms with E-state index in [0.717, 1.165) is 24.2 Å². The quantitative estimate of drug-likeness (QED) is 0.929. The van der Waals surface area contributed by atoms with Gasteiger partial charge in [-0.15, -0.1) is 0 Å². The number of likely N-dealkylation sites (N-methyl/N-ethyl adjacent to an activating group) is 1. The summed E-state index contributed by atoms with van der Waals surface area (Å²) in [5.41, 5.74) is 4.54. The highest BCUT2D eigenvalue weighted by molar-refractivity contribution is 5.40. The predicted molar refractivity (Wildman–Crippen MR) is 85.3 cm³/mol. The SMILES string of the molecule is CNC(Cc1cccnc1)C1C2CCc3ccccc3C21. The van der Waals surface area contributed by atoms with Crippen LogP contribution in [-0.4, -0.2) is 18.1 Å². The Morgan fingerprint density at radius 1 is 1.24 bits per heavy atom. The zero-order valence-corrected chi connectivity index (χ0v) is 12.5. The van der Waals surface area contributed by atoms with E-state index in [1.54, 1.807) is 11.1 Å². The third-order valence-corrected chi connectivity index (χ3v) is 5.40. The first-order chi connectivity index (χ1) is 10.4. The molecule has 0 radical (unpaired) electrons. The minimum absolute atomic E-state index is 0.565. The van der Waals surface area contributed by atoms with E-state index >= 15 is 0 Å². The molecule has 1 fully saturated rings. The van der Waals surface area contributed by atoms with Crippen LogP contribution >= 0.6 is 0 Å². The first kappa shape index (κ1) is 13.0. The van der Waals surface area contributed by atoms with Crippen LogP contribution in [0.2, 0.25) is 0 Å². The molecule has 4 unspecified atom stereocenters. The molecule has 108 valence electrons. The average molecular weight is 278 g/mol. The number of fused-ring (bicyclic) bond motifs is 3. The third kappa shape index (κ3) is 2.28. The maximum atomic E-state index is 4.25. The number of rotatable bonds is 4. The van der Waals surface area contributed by atoms with Crippen molar-refractivity contribution in [3.63, 3.8) is 0 Å². The molecule has 2 aromatic rings. The lowest BCUT2D eigenvalue weighted by atomic mass is 9.92. The lowest BCUT2D eigenvalue weighted by molar-refractivity contribution is 0.463. The molecule has 2 aliphatic carbocycles. The molecular formula is C19H22N2. The fourth-order valence-corrected chi connectivity index (χ4v) is 4.37. The summed E-state index contributed by atoms with van der Waals surface area (Å²) in [4.78, 5) is 4.25. The molecule has 1 heterocycles. The number of benzene rings is 1. The zero-order chi connectivity index (χ0) is 14.2. The van der Waals surface area contributed by atoms with E-state index in [9.17, 15) is 0 Å². The summed E-state index contributed by atoms with van der Waals surface area (Å²) in [6.45, 7) is 0. The Balaban J connectivity index is 1.55. The van der Waals surface area contributed by atoms with Crippen molar-refractivity contribution in [2.75, 3.05) is 7.05 Å². The van der Waals surface area contributed by atoms with Crippen molar-refractivity contribution in [1.82, 2.24) is 10.3 Å². The molecule has 1 N–H and O–H groups in total. The van der Waals surface area contributed by atoms with Gasteiger partial charge in [-0.05, 0) is 66.8 Å². The normalized spacial score (nSPS) is 27.6. The van der Waals surface area contributed by atoms with Gasteiger partial charge in [0.1, 0.15) is 0 Å². The Labute approximate surface area is 126 Å². The van der Waals surface area contributed by atoms with E-state index in [1.165, 1.54) is 18.4 Å². The summed E-state index contributed by atoms with van der Waals surface area (Å²) in [6.07, 6.45) is 7.56. The molecule has 1 aromatic carbocycles. The second-order valence-corrected chi connectivity index (χ2v) is 6.47. The molecule has 4 rings (SSSR count). The summed E-state index contributed by atoms with van der Waals surface area (Å²) in [5.74, 6) is 2.46. The number of hydrogen-bond donors (Lipinski definition) is 1. The predicted octanol–water partition coefficient (Wildman–Crippen LogP) is 3.19. The maximum absolute atomic E-state index is 4.25. The Bertz CT molecular complexity index is 622. The Hall–Kier alpha value is -1.67. The van der Waals surface area contributed by atoms with Crippen LogP contribution in [0.1, 0.15) is 29.0 Å². The fraction of sp³-hybridized carbons (Fsp3) is 0.421. The summed E-state index contributed by atoms with van der Waals surface area (Å²) in [6, 6.07) is 13.8. The van der Waals surface area contributed by atoms with Gasteiger partial charge in [0, 0.05) is 18.4 Å². The van der Waals surface area contributed by atoms with Gasteiger partial charge in [0.2, 0.25) is 0 Å². The molecule has 0 aliphatic heterocycles. The van der Waals surface area contributed by atoms with Gasteiger partial charge in [-0.2, -0.15) is 0 Å². The molecule has 2 nitrogen and oxygen atoms in total. The lowest BCUT2D eigenvalue weighted by Gasteiger charge is -2.16. The highest BCUT2D eigenvalue weighted by Gasteiger charge is 2.55. The highest BCUT2D eigenvalue weighted by Crippen LogP contribution is 2.61. The van der Waals surface area contributed by atoms with Crippen molar-refractivity contribution in [2.45, 2.75) is 31.2 Å². The lowest BCUT2D eigenvalue weighted by Crippen LogP contribution is -2.31. The Morgan fingerprint density at radius 3 is 2.95 bits per heavy atom. The molecule has 21 heavy (non-hydrogen) atoms. The molecule has 0 saturated heterocycles. The van der Waals surface area contributed by atoms with Crippen LogP contribution in [0.5, 0.6) is 0 Å². The summed E-state index contributed by atoms with van der Waals surface area (Å²) in [7, 11) is 2.11. The van der Waals surface area contributed by atoms with Crippen LogP contribution in [0, 0.1) is 11.8 Å². The van der Waals surface area contributed by atoms with Crippen molar-refractivity contribution >= 4 is 0 Å². The fourth-order valence-electron chi connectivity index (χ4n) is 4.37. The molecule has 1 saturated carbocycles. The molecule has 4 atom stereocenters. The molecular weight excluding hydrogens is 256 g/mol. The van der Waals surface area contributed by atoms with Crippen molar-refractivity contribution in [3.8, 4) is 0 Å². The van der Waals surface area contributed by atoms with Gasteiger partial charge in [-0.3, -0.25) is 4.98 Å². The summed E-state index contributed by atoms with van der Waals surface area (Å²) in [5, 5.41) is 3.57. The molecule has 0 bridgehead atoms. The maximum Gasteiger partial charge on any atom is 0.0300 e. The summed E-state index contributed by atoms with van der Waals surface area (Å²) >= 11 is 0.